The van der Waals surface area contributed by atoms with Crippen molar-refractivity contribution in [1.29, 1.82) is 0 Å². The number of benzene rings is 3. The Morgan fingerprint density at radius 2 is 1.59 bits per heavy atom. The van der Waals surface area contributed by atoms with Gasteiger partial charge in [-0.2, -0.15) is 13.2 Å². The Bertz CT molecular complexity index is 2020. The van der Waals surface area contributed by atoms with Gasteiger partial charge in [-0.3, -0.25) is 0 Å². The summed E-state index contributed by atoms with van der Waals surface area (Å²) in [7, 11) is -3.97. The lowest BCUT2D eigenvalue weighted by molar-refractivity contribution is -0.274. The van der Waals surface area contributed by atoms with Gasteiger partial charge in [-0.25, -0.2) is 22.5 Å². The quantitative estimate of drug-likeness (QED) is 0.199. The van der Waals surface area contributed by atoms with Crippen LogP contribution < -0.4 is 4.74 Å². The lowest BCUT2D eigenvalue weighted by atomic mass is 10.0. The van der Waals surface area contributed by atoms with E-state index in [1.165, 1.54) is 54.2 Å². The summed E-state index contributed by atoms with van der Waals surface area (Å²) >= 11 is 0. The van der Waals surface area contributed by atoms with Crippen LogP contribution >= 0.6 is 0 Å². The van der Waals surface area contributed by atoms with E-state index < -0.39 is 46.2 Å². The van der Waals surface area contributed by atoms with Crippen molar-refractivity contribution >= 4 is 9.84 Å². The molecular weight excluding hydrogens is 647 g/mol. The molecular formula is C29H22F7N5O4S. The molecule has 0 aliphatic carbocycles. The first kappa shape index (κ1) is 32.6. The summed E-state index contributed by atoms with van der Waals surface area (Å²) in [5.74, 6) is -1.46. The standard InChI is InChI=1S/C29H22F7N5O4S/c1-16-38-27(28(31,32)33)15-40(16)23-8-5-18(19-11-22(30)21(9-10-42)26(13-19)46(2,43)44)12-24(23)41-25(14-37-39-41)17-3-6-20(7-4-17)45-29(34,35)36/h3-8,11-15,42H,9-10H2,1-2H3. The average Bonchev–Trinajstić information content (AvgIpc) is 3.60. The van der Waals surface area contributed by atoms with Crippen molar-refractivity contribution in [3.05, 3.63) is 89.9 Å². The first-order valence-electron chi connectivity index (χ1n) is 13.1. The molecule has 0 fully saturated rings. The van der Waals surface area contributed by atoms with Gasteiger partial charge in [0.25, 0.3) is 0 Å². The van der Waals surface area contributed by atoms with Crippen molar-refractivity contribution < 1.29 is 49.0 Å². The third kappa shape index (κ3) is 6.74. The molecule has 5 rings (SSSR count). The molecule has 9 nitrogen and oxygen atoms in total. The molecule has 0 radical (unpaired) electrons. The maximum absolute atomic E-state index is 15.2. The van der Waals surface area contributed by atoms with Crippen LogP contribution in [0.2, 0.25) is 0 Å². The average molecular weight is 670 g/mol. The maximum Gasteiger partial charge on any atom is 0.573 e. The highest BCUT2D eigenvalue weighted by Crippen LogP contribution is 2.36. The van der Waals surface area contributed by atoms with Crippen LogP contribution in [0.15, 0.2) is 71.9 Å². The van der Waals surface area contributed by atoms with Crippen molar-refractivity contribution in [3.8, 4) is 39.5 Å². The van der Waals surface area contributed by atoms with E-state index in [-0.39, 0.29) is 50.9 Å². The fourth-order valence-electron chi connectivity index (χ4n) is 4.83. The first-order valence-corrected chi connectivity index (χ1v) is 15.0. The Kier molecular flexibility index (Phi) is 8.41. The number of rotatable bonds is 8. The third-order valence-corrected chi connectivity index (χ3v) is 7.98. The highest BCUT2D eigenvalue weighted by atomic mass is 32.2. The zero-order valence-corrected chi connectivity index (χ0v) is 24.5. The van der Waals surface area contributed by atoms with Gasteiger partial charge in [0.1, 0.15) is 17.4 Å². The van der Waals surface area contributed by atoms with Gasteiger partial charge in [0.15, 0.2) is 15.5 Å². The zero-order valence-electron chi connectivity index (χ0n) is 23.7. The molecule has 17 heteroatoms. The van der Waals surface area contributed by atoms with E-state index in [0.29, 0.717) is 5.56 Å². The van der Waals surface area contributed by atoms with Gasteiger partial charge in [0.2, 0.25) is 0 Å². The van der Waals surface area contributed by atoms with E-state index in [1.54, 1.807) is 0 Å². The van der Waals surface area contributed by atoms with Crippen LogP contribution in [0.4, 0.5) is 30.7 Å². The van der Waals surface area contributed by atoms with E-state index in [4.69, 9.17) is 0 Å². The summed E-state index contributed by atoms with van der Waals surface area (Å²) in [5.41, 5.74) is -0.401. The molecule has 0 aliphatic heterocycles. The number of hydrogen-bond acceptors (Lipinski definition) is 7. The topological polar surface area (TPSA) is 112 Å². The normalized spacial score (nSPS) is 12.5. The Morgan fingerprint density at radius 3 is 2.17 bits per heavy atom. The third-order valence-electron chi connectivity index (χ3n) is 6.82. The minimum Gasteiger partial charge on any atom is -0.406 e. The second-order valence-electron chi connectivity index (χ2n) is 10.0. The van der Waals surface area contributed by atoms with E-state index in [1.807, 2.05) is 0 Å². The highest BCUT2D eigenvalue weighted by Gasteiger charge is 2.35. The summed E-state index contributed by atoms with van der Waals surface area (Å²) in [6.45, 7) is 0.822. The van der Waals surface area contributed by atoms with Gasteiger partial charge in [0, 0.05) is 30.2 Å². The molecule has 0 spiro atoms. The molecule has 0 amide bonds. The number of aliphatic hydroxyl groups excluding tert-OH is 1. The SMILES string of the molecule is Cc1nc(C(F)(F)F)cn1-c1ccc(-c2cc(F)c(CCO)c(S(C)(=O)=O)c2)cc1-n1nncc1-c1ccc(OC(F)(F)F)cc1. The van der Waals surface area contributed by atoms with Crippen LogP contribution in [0.5, 0.6) is 5.75 Å². The molecule has 1 N–H and O–H groups in total. The first-order chi connectivity index (χ1) is 21.5. The van der Waals surface area contributed by atoms with Crippen molar-refractivity contribution in [2.45, 2.75) is 30.8 Å². The summed E-state index contributed by atoms with van der Waals surface area (Å²) in [6.07, 6.45) is -7.06. The molecule has 242 valence electrons. The lowest BCUT2D eigenvalue weighted by Crippen LogP contribution is -2.16. The zero-order chi connectivity index (χ0) is 33.6. The smallest absolute Gasteiger partial charge is 0.406 e. The Hall–Kier alpha value is -4.77. The molecule has 0 saturated heterocycles. The van der Waals surface area contributed by atoms with Crippen LogP contribution in [0.3, 0.4) is 0 Å². The number of hydrogen-bond donors (Lipinski definition) is 1. The summed E-state index contributed by atoms with van der Waals surface area (Å²) < 4.78 is 125. The van der Waals surface area contributed by atoms with Gasteiger partial charge in [0.05, 0.1) is 28.2 Å². The summed E-state index contributed by atoms with van der Waals surface area (Å²) in [6, 6.07) is 11.2. The Morgan fingerprint density at radius 1 is 0.913 bits per heavy atom. The number of ether oxygens (including phenoxy) is 1. The fourth-order valence-corrected chi connectivity index (χ4v) is 5.82. The van der Waals surface area contributed by atoms with Gasteiger partial charge in [-0.05, 0) is 73.0 Å². The molecule has 0 atom stereocenters. The lowest BCUT2D eigenvalue weighted by Gasteiger charge is -2.17. The van der Waals surface area contributed by atoms with Gasteiger partial charge < -0.3 is 14.4 Å². The summed E-state index contributed by atoms with van der Waals surface area (Å²) in [4.78, 5) is 3.25. The molecule has 0 saturated carbocycles. The van der Waals surface area contributed by atoms with Crippen molar-refractivity contribution in [2.75, 3.05) is 12.9 Å². The van der Waals surface area contributed by atoms with Crippen LogP contribution in [0, 0.1) is 12.7 Å². The number of aromatic nitrogens is 5. The Labute approximate surface area is 256 Å². The molecule has 0 unspecified atom stereocenters. The predicted octanol–water partition coefficient (Wildman–Crippen LogP) is 6.09. The Balaban J connectivity index is 1.72. The number of sulfone groups is 1. The molecule has 5 aromatic rings. The highest BCUT2D eigenvalue weighted by molar-refractivity contribution is 7.90. The minimum absolute atomic E-state index is 0.0598. The van der Waals surface area contributed by atoms with E-state index in [2.05, 4.69) is 20.0 Å². The van der Waals surface area contributed by atoms with E-state index in [9.17, 15) is 39.9 Å². The maximum atomic E-state index is 15.2. The number of imidazole rings is 1. The second-order valence-corrected chi connectivity index (χ2v) is 12.0. The number of aliphatic hydroxyl groups is 1. The second kappa shape index (κ2) is 11.9. The van der Waals surface area contributed by atoms with E-state index in [0.717, 1.165) is 35.2 Å². The van der Waals surface area contributed by atoms with Crippen molar-refractivity contribution in [3.63, 3.8) is 0 Å². The van der Waals surface area contributed by atoms with Crippen LogP contribution in [0.1, 0.15) is 17.1 Å². The van der Waals surface area contributed by atoms with Crippen molar-refractivity contribution in [1.82, 2.24) is 24.5 Å². The minimum atomic E-state index is -4.93. The molecule has 2 heterocycles. The number of alkyl halides is 6. The number of aryl methyl sites for hydroxylation is 1. The van der Waals surface area contributed by atoms with Crippen molar-refractivity contribution in [2.24, 2.45) is 0 Å². The largest absolute Gasteiger partial charge is 0.573 e. The molecule has 0 bridgehead atoms. The summed E-state index contributed by atoms with van der Waals surface area (Å²) in [5, 5.41) is 17.3. The van der Waals surface area contributed by atoms with Crippen LogP contribution in [0.25, 0.3) is 33.8 Å². The van der Waals surface area contributed by atoms with E-state index >= 15 is 4.39 Å². The molecule has 0 aliphatic rings. The van der Waals surface area contributed by atoms with Crippen LogP contribution in [-0.2, 0) is 22.4 Å². The van der Waals surface area contributed by atoms with Crippen LogP contribution in [-0.4, -0.2) is 57.3 Å². The number of halogens is 7. The molecule has 3 aromatic carbocycles. The predicted molar refractivity (Wildman–Crippen MR) is 150 cm³/mol. The monoisotopic (exact) mass is 669 g/mol. The van der Waals surface area contributed by atoms with Gasteiger partial charge in [-0.15, -0.1) is 18.3 Å². The van der Waals surface area contributed by atoms with Gasteiger partial charge in [-0.1, -0.05) is 11.3 Å². The fraction of sp³-hybridized carbons (Fsp3) is 0.207. The number of nitrogens with zero attached hydrogens (tertiary/aromatic N) is 5. The molecule has 2 aromatic heterocycles. The molecule has 46 heavy (non-hydrogen) atoms. The van der Waals surface area contributed by atoms with Gasteiger partial charge >= 0.3 is 12.5 Å².